The first-order chi connectivity index (χ1) is 10.2. The molecule has 6 nitrogen and oxygen atoms in total. The maximum absolute atomic E-state index is 11.5. The van der Waals surface area contributed by atoms with E-state index >= 15 is 0 Å². The van der Waals surface area contributed by atoms with Crippen LogP contribution in [0.2, 0.25) is 5.02 Å². The number of halogens is 1. The van der Waals surface area contributed by atoms with Gasteiger partial charge in [0.1, 0.15) is 11.0 Å². The summed E-state index contributed by atoms with van der Waals surface area (Å²) in [6, 6.07) is 5.25. The molecule has 110 valence electrons. The van der Waals surface area contributed by atoms with Crippen molar-refractivity contribution in [2.24, 2.45) is 0 Å². The lowest BCUT2D eigenvalue weighted by molar-refractivity contribution is -0.137. The van der Waals surface area contributed by atoms with Crippen LogP contribution in [-0.4, -0.2) is 40.1 Å². The van der Waals surface area contributed by atoms with Gasteiger partial charge in [-0.3, -0.25) is 9.89 Å². The lowest BCUT2D eigenvalue weighted by Crippen LogP contribution is -2.09. The fourth-order valence-electron chi connectivity index (χ4n) is 2.00. The molecule has 1 unspecified atom stereocenters. The molecule has 1 N–H and O–H groups in total. The van der Waals surface area contributed by atoms with E-state index in [1.807, 2.05) is 0 Å². The normalized spacial score (nSPS) is 17.8. The molecule has 0 spiro atoms. The third kappa shape index (κ3) is 2.98. The molecule has 1 aliphatic rings. The summed E-state index contributed by atoms with van der Waals surface area (Å²) in [6.45, 7) is 0.454. The lowest BCUT2D eigenvalue weighted by Gasteiger charge is -2.05. The Morgan fingerprint density at radius 1 is 1.52 bits per heavy atom. The summed E-state index contributed by atoms with van der Waals surface area (Å²) < 4.78 is 10.2. The third-order valence-corrected chi connectivity index (χ3v) is 4.36. The number of ether oxygens (including phenoxy) is 2. The molecule has 21 heavy (non-hydrogen) atoms. The number of aromatic nitrogens is 3. The molecule has 0 saturated carbocycles. The quantitative estimate of drug-likeness (QED) is 0.870. The molecule has 3 rings (SSSR count). The Bertz CT molecular complexity index is 676. The van der Waals surface area contributed by atoms with E-state index in [1.165, 1.54) is 11.8 Å². The number of thioether (sulfide) groups is 1. The van der Waals surface area contributed by atoms with Gasteiger partial charge in [-0.1, -0.05) is 23.4 Å². The molecule has 0 bridgehead atoms. The molecule has 8 heteroatoms. The van der Waals surface area contributed by atoms with E-state index in [1.54, 1.807) is 25.3 Å². The van der Waals surface area contributed by atoms with Gasteiger partial charge in [0.05, 0.1) is 19.3 Å². The molecule has 2 heterocycles. The average molecular weight is 326 g/mol. The Labute approximate surface area is 130 Å². The smallest absolute Gasteiger partial charge is 0.319 e. The first-order valence-electron chi connectivity index (χ1n) is 6.27. The van der Waals surface area contributed by atoms with Crippen LogP contribution >= 0.6 is 23.4 Å². The van der Waals surface area contributed by atoms with Gasteiger partial charge in [0.2, 0.25) is 5.16 Å². The first-order valence-corrected chi connectivity index (χ1v) is 7.53. The Balaban J connectivity index is 1.84. The molecule has 1 atom stereocenters. The van der Waals surface area contributed by atoms with Crippen molar-refractivity contribution in [1.82, 2.24) is 15.2 Å². The van der Waals surface area contributed by atoms with Gasteiger partial charge in [-0.25, -0.2) is 4.98 Å². The highest BCUT2D eigenvalue weighted by Gasteiger charge is 2.29. The van der Waals surface area contributed by atoms with E-state index in [9.17, 15) is 4.79 Å². The van der Waals surface area contributed by atoms with Crippen molar-refractivity contribution in [3.63, 3.8) is 0 Å². The van der Waals surface area contributed by atoms with Crippen molar-refractivity contribution >= 4 is 29.3 Å². The van der Waals surface area contributed by atoms with Crippen LogP contribution in [-0.2, 0) is 9.53 Å². The number of benzene rings is 1. The summed E-state index contributed by atoms with van der Waals surface area (Å²) in [5, 5.41) is 7.79. The molecule has 1 saturated heterocycles. The van der Waals surface area contributed by atoms with Gasteiger partial charge in [-0.2, -0.15) is 0 Å². The highest BCUT2D eigenvalue weighted by Crippen LogP contribution is 2.32. The first kappa shape index (κ1) is 14.2. The van der Waals surface area contributed by atoms with Crippen LogP contribution in [0.4, 0.5) is 0 Å². The van der Waals surface area contributed by atoms with Crippen molar-refractivity contribution in [3.05, 3.63) is 23.2 Å². The Morgan fingerprint density at radius 2 is 2.38 bits per heavy atom. The Kier molecular flexibility index (Phi) is 4.03. The van der Waals surface area contributed by atoms with Crippen LogP contribution in [0.3, 0.4) is 0 Å². The summed E-state index contributed by atoms with van der Waals surface area (Å²) in [6.07, 6.45) is 0.674. The molecular weight excluding hydrogens is 314 g/mol. The number of esters is 1. The standard InChI is InChI=1S/C13H12ClN3O3S/c1-19-9-3-2-7(14)6-8(9)11-15-13(17-16-11)21-10-4-5-20-12(10)18/h2-3,6,10H,4-5H2,1H3,(H,15,16,17). The second kappa shape index (κ2) is 5.95. The fourth-order valence-corrected chi connectivity index (χ4v) is 3.04. The van der Waals surface area contributed by atoms with Gasteiger partial charge in [0, 0.05) is 11.4 Å². The summed E-state index contributed by atoms with van der Waals surface area (Å²) in [5.74, 6) is 0.974. The van der Waals surface area contributed by atoms with E-state index in [2.05, 4.69) is 15.2 Å². The molecule has 1 fully saturated rings. The van der Waals surface area contributed by atoms with E-state index in [-0.39, 0.29) is 11.2 Å². The minimum Gasteiger partial charge on any atom is -0.496 e. The van der Waals surface area contributed by atoms with Crippen LogP contribution in [0.15, 0.2) is 23.4 Å². The number of rotatable bonds is 4. The van der Waals surface area contributed by atoms with Crippen LogP contribution < -0.4 is 4.74 Å². The number of nitrogens with zero attached hydrogens (tertiary/aromatic N) is 2. The maximum Gasteiger partial charge on any atom is 0.319 e. The van der Waals surface area contributed by atoms with E-state index in [4.69, 9.17) is 21.1 Å². The number of nitrogens with one attached hydrogen (secondary N) is 1. The average Bonchev–Trinajstić information content (AvgIpc) is 3.09. The topological polar surface area (TPSA) is 77.1 Å². The zero-order valence-electron chi connectivity index (χ0n) is 11.1. The summed E-state index contributed by atoms with van der Waals surface area (Å²) >= 11 is 7.29. The van der Waals surface area contributed by atoms with Crippen LogP contribution in [0, 0.1) is 0 Å². The van der Waals surface area contributed by atoms with Crippen molar-refractivity contribution in [2.75, 3.05) is 13.7 Å². The summed E-state index contributed by atoms with van der Waals surface area (Å²) in [4.78, 5) is 15.8. The van der Waals surface area contributed by atoms with Gasteiger partial charge in [0.15, 0.2) is 5.82 Å². The zero-order valence-corrected chi connectivity index (χ0v) is 12.7. The Hall–Kier alpha value is -1.73. The molecular formula is C13H12ClN3O3S. The monoisotopic (exact) mass is 325 g/mol. The van der Waals surface area contributed by atoms with E-state index < -0.39 is 0 Å². The van der Waals surface area contributed by atoms with Crippen LogP contribution in [0.5, 0.6) is 5.75 Å². The van der Waals surface area contributed by atoms with Crippen molar-refractivity contribution in [3.8, 4) is 17.1 Å². The predicted molar refractivity (Wildman–Crippen MR) is 78.6 cm³/mol. The van der Waals surface area contributed by atoms with Gasteiger partial charge in [0.25, 0.3) is 0 Å². The second-order valence-corrected chi connectivity index (χ2v) is 5.98. The number of carbonyl (C=O) groups is 1. The number of carbonyl (C=O) groups excluding carboxylic acids is 1. The van der Waals surface area contributed by atoms with Gasteiger partial charge in [-0.05, 0) is 18.2 Å². The van der Waals surface area contributed by atoms with Crippen molar-refractivity contribution < 1.29 is 14.3 Å². The summed E-state index contributed by atoms with van der Waals surface area (Å²) in [5.41, 5.74) is 0.721. The summed E-state index contributed by atoms with van der Waals surface area (Å²) in [7, 11) is 1.58. The van der Waals surface area contributed by atoms with Gasteiger partial charge < -0.3 is 9.47 Å². The van der Waals surface area contributed by atoms with E-state index in [0.717, 1.165) is 5.56 Å². The minimum atomic E-state index is -0.241. The largest absolute Gasteiger partial charge is 0.496 e. The van der Waals surface area contributed by atoms with Crippen LogP contribution in [0.25, 0.3) is 11.4 Å². The van der Waals surface area contributed by atoms with Gasteiger partial charge >= 0.3 is 5.97 Å². The van der Waals surface area contributed by atoms with Crippen molar-refractivity contribution in [2.45, 2.75) is 16.8 Å². The molecule has 2 aromatic rings. The predicted octanol–water partition coefficient (Wildman–Crippen LogP) is 2.54. The SMILES string of the molecule is COc1ccc(Cl)cc1-c1nc(SC2CCOC2=O)n[nH]1. The highest BCUT2D eigenvalue weighted by atomic mass is 35.5. The molecule has 0 aliphatic carbocycles. The van der Waals surface area contributed by atoms with E-state index in [0.29, 0.717) is 34.8 Å². The molecule has 0 amide bonds. The maximum atomic E-state index is 11.5. The molecule has 0 radical (unpaired) electrons. The molecule has 1 aromatic carbocycles. The lowest BCUT2D eigenvalue weighted by atomic mass is 10.2. The number of H-pyrrole nitrogens is 1. The fraction of sp³-hybridized carbons (Fsp3) is 0.308. The molecule has 1 aliphatic heterocycles. The van der Waals surface area contributed by atoms with Crippen molar-refractivity contribution in [1.29, 1.82) is 0 Å². The third-order valence-electron chi connectivity index (χ3n) is 3.02. The number of methoxy groups -OCH3 is 1. The Morgan fingerprint density at radius 3 is 3.10 bits per heavy atom. The minimum absolute atomic E-state index is 0.216. The second-order valence-electron chi connectivity index (χ2n) is 4.37. The number of cyclic esters (lactones) is 1. The molecule has 1 aromatic heterocycles. The number of hydrogen-bond donors (Lipinski definition) is 1. The number of aromatic amines is 1. The number of hydrogen-bond acceptors (Lipinski definition) is 6. The van der Waals surface area contributed by atoms with Crippen LogP contribution in [0.1, 0.15) is 6.42 Å². The zero-order chi connectivity index (χ0) is 14.8. The highest BCUT2D eigenvalue weighted by molar-refractivity contribution is 8.00. The van der Waals surface area contributed by atoms with Gasteiger partial charge in [-0.15, -0.1) is 5.10 Å².